The van der Waals surface area contributed by atoms with Crippen molar-refractivity contribution in [3.63, 3.8) is 0 Å². The molecule has 0 saturated carbocycles. The molecule has 1 heterocycles. The van der Waals surface area contributed by atoms with E-state index in [2.05, 4.69) is 39.8 Å². The van der Waals surface area contributed by atoms with E-state index < -0.39 is 0 Å². The molecule has 1 unspecified atom stereocenters. The van der Waals surface area contributed by atoms with E-state index in [1.54, 1.807) is 25.0 Å². The van der Waals surface area contributed by atoms with Gasteiger partial charge >= 0.3 is 0 Å². The van der Waals surface area contributed by atoms with Crippen LogP contribution in [0.15, 0.2) is 17.4 Å². The molecule has 0 radical (unpaired) electrons. The Morgan fingerprint density at radius 2 is 2.23 bits per heavy atom. The number of guanidine groups is 1. The van der Waals surface area contributed by atoms with Gasteiger partial charge in [-0.1, -0.05) is 12.1 Å². The van der Waals surface area contributed by atoms with Crippen molar-refractivity contribution in [2.75, 3.05) is 27.2 Å². The van der Waals surface area contributed by atoms with E-state index in [0.717, 1.165) is 25.9 Å². The minimum atomic E-state index is -0.0205. The summed E-state index contributed by atoms with van der Waals surface area (Å²) in [5.41, 5.74) is 0. The number of carbonyl (C=O) groups is 1. The molecule has 8 heteroatoms. The monoisotopic (exact) mass is 309 g/mol. The lowest BCUT2D eigenvalue weighted by molar-refractivity contribution is -0.127. The number of likely N-dealkylation sites (N-methyl/N-ethyl adjacent to an activating group) is 1. The zero-order valence-electron chi connectivity index (χ0n) is 13.9. The van der Waals surface area contributed by atoms with E-state index in [1.165, 1.54) is 4.90 Å². The molecule has 1 amide bonds. The third-order valence-electron chi connectivity index (χ3n) is 3.20. The molecule has 0 aliphatic rings. The molecule has 22 heavy (non-hydrogen) atoms. The van der Waals surface area contributed by atoms with Crippen molar-refractivity contribution in [3.05, 3.63) is 12.4 Å². The highest BCUT2D eigenvalue weighted by Crippen LogP contribution is 1.90. The number of nitrogens with zero attached hydrogens (tertiary/aromatic N) is 5. The summed E-state index contributed by atoms with van der Waals surface area (Å²) < 4.78 is 1.79. The molecule has 1 aromatic heterocycles. The number of hydrogen-bond donors (Lipinski definition) is 2. The summed E-state index contributed by atoms with van der Waals surface area (Å²) in [5, 5.41) is 14.2. The van der Waals surface area contributed by atoms with Crippen LogP contribution in [0.3, 0.4) is 0 Å². The second kappa shape index (κ2) is 9.75. The van der Waals surface area contributed by atoms with Crippen molar-refractivity contribution >= 4 is 11.9 Å². The summed E-state index contributed by atoms with van der Waals surface area (Å²) in [5.74, 6) is 0.649. The molecular formula is C14H27N7O. The molecule has 0 saturated heterocycles. The number of aromatic nitrogens is 3. The van der Waals surface area contributed by atoms with Gasteiger partial charge in [0.25, 0.3) is 0 Å². The molecule has 0 bridgehead atoms. The fourth-order valence-corrected chi connectivity index (χ4v) is 1.58. The molecule has 2 N–H and O–H groups in total. The van der Waals surface area contributed by atoms with Gasteiger partial charge in [-0.2, -0.15) is 0 Å². The van der Waals surface area contributed by atoms with E-state index in [9.17, 15) is 4.79 Å². The first-order valence-corrected chi connectivity index (χ1v) is 7.62. The van der Waals surface area contributed by atoms with Crippen LogP contribution in [0, 0.1) is 0 Å². The summed E-state index contributed by atoms with van der Waals surface area (Å²) >= 11 is 0. The third kappa shape index (κ3) is 7.05. The Kier molecular flexibility index (Phi) is 7.95. The van der Waals surface area contributed by atoms with Crippen LogP contribution in [-0.2, 0) is 11.3 Å². The van der Waals surface area contributed by atoms with Gasteiger partial charge in [-0.15, -0.1) is 5.10 Å². The minimum Gasteiger partial charge on any atom is -0.356 e. The molecule has 124 valence electrons. The van der Waals surface area contributed by atoms with Crippen molar-refractivity contribution < 1.29 is 4.79 Å². The predicted octanol–water partition coefficient (Wildman–Crippen LogP) is 0.0901. The van der Waals surface area contributed by atoms with Gasteiger partial charge in [0.15, 0.2) is 5.96 Å². The summed E-state index contributed by atoms with van der Waals surface area (Å²) in [4.78, 5) is 17.5. The smallest absolute Gasteiger partial charge is 0.243 e. The summed E-state index contributed by atoms with van der Waals surface area (Å²) in [6, 6.07) is 0.302. The number of hydrogen-bond acceptors (Lipinski definition) is 4. The van der Waals surface area contributed by atoms with Gasteiger partial charge in [0, 0.05) is 39.4 Å². The van der Waals surface area contributed by atoms with Crippen molar-refractivity contribution in [3.8, 4) is 0 Å². The van der Waals surface area contributed by atoms with Crippen LogP contribution in [0.2, 0.25) is 0 Å². The molecular weight excluding hydrogens is 282 g/mol. The van der Waals surface area contributed by atoms with E-state index in [0.29, 0.717) is 12.0 Å². The first-order chi connectivity index (χ1) is 10.5. The van der Waals surface area contributed by atoms with Crippen LogP contribution >= 0.6 is 0 Å². The average Bonchev–Trinajstić information content (AvgIpc) is 3.01. The molecule has 0 aromatic carbocycles. The van der Waals surface area contributed by atoms with Crippen LogP contribution in [0.5, 0.6) is 0 Å². The molecule has 1 aromatic rings. The number of carbonyl (C=O) groups excluding carboxylic acids is 1. The average molecular weight is 309 g/mol. The first-order valence-electron chi connectivity index (χ1n) is 7.62. The van der Waals surface area contributed by atoms with Crippen LogP contribution in [0.1, 0.15) is 26.7 Å². The van der Waals surface area contributed by atoms with Crippen LogP contribution in [0.25, 0.3) is 0 Å². The van der Waals surface area contributed by atoms with E-state index in [4.69, 9.17) is 0 Å². The normalized spacial score (nSPS) is 12.8. The fourth-order valence-electron chi connectivity index (χ4n) is 1.58. The molecule has 0 aliphatic carbocycles. The standard InChI is InChI=1S/C14H27N7O/c1-5-12(2)18-14(16-11-13(22)20(3)4)15-7-6-9-21-10-8-17-19-21/h8,10,12H,5-7,9,11H2,1-4H3,(H2,15,16,18). The second-order valence-corrected chi connectivity index (χ2v) is 5.35. The van der Waals surface area contributed by atoms with E-state index in [-0.39, 0.29) is 12.5 Å². The Bertz CT molecular complexity index is 456. The van der Waals surface area contributed by atoms with Gasteiger partial charge in [0.1, 0.15) is 6.54 Å². The van der Waals surface area contributed by atoms with Gasteiger partial charge in [-0.3, -0.25) is 9.48 Å². The Morgan fingerprint density at radius 1 is 1.45 bits per heavy atom. The van der Waals surface area contributed by atoms with Crippen molar-refractivity contribution in [1.29, 1.82) is 0 Å². The summed E-state index contributed by atoms with van der Waals surface area (Å²) in [6.07, 6.45) is 5.38. The zero-order valence-corrected chi connectivity index (χ0v) is 13.9. The minimum absolute atomic E-state index is 0.0205. The van der Waals surface area contributed by atoms with Gasteiger partial charge in [0.05, 0.1) is 6.20 Å². The Labute approximate surface area is 132 Å². The fraction of sp³-hybridized carbons (Fsp3) is 0.714. The molecule has 0 spiro atoms. The quantitative estimate of drug-likeness (QED) is 0.404. The predicted molar refractivity (Wildman–Crippen MR) is 86.5 cm³/mol. The van der Waals surface area contributed by atoms with E-state index in [1.807, 2.05) is 6.20 Å². The number of aliphatic imine (C=N–C) groups is 1. The van der Waals surface area contributed by atoms with Gasteiger partial charge < -0.3 is 15.5 Å². The van der Waals surface area contributed by atoms with Crippen molar-refractivity contribution in [2.45, 2.75) is 39.3 Å². The third-order valence-corrected chi connectivity index (χ3v) is 3.20. The number of nitrogens with one attached hydrogen (secondary N) is 2. The molecule has 1 rings (SSSR count). The second-order valence-electron chi connectivity index (χ2n) is 5.35. The maximum absolute atomic E-state index is 11.6. The maximum atomic E-state index is 11.6. The Balaban J connectivity index is 2.42. The highest BCUT2D eigenvalue weighted by atomic mass is 16.2. The molecule has 1 atom stereocenters. The number of amides is 1. The highest BCUT2D eigenvalue weighted by Gasteiger charge is 2.06. The Morgan fingerprint density at radius 3 is 2.82 bits per heavy atom. The summed E-state index contributed by atoms with van der Waals surface area (Å²) in [7, 11) is 3.45. The molecule has 0 fully saturated rings. The highest BCUT2D eigenvalue weighted by molar-refractivity contribution is 5.84. The van der Waals surface area contributed by atoms with E-state index >= 15 is 0 Å². The molecule has 0 aliphatic heterocycles. The zero-order chi connectivity index (χ0) is 16.4. The van der Waals surface area contributed by atoms with Gasteiger partial charge in [0.2, 0.25) is 5.91 Å². The van der Waals surface area contributed by atoms with Crippen LogP contribution in [-0.4, -0.2) is 65.0 Å². The largest absolute Gasteiger partial charge is 0.356 e. The number of aryl methyl sites for hydroxylation is 1. The lowest BCUT2D eigenvalue weighted by Gasteiger charge is -2.17. The maximum Gasteiger partial charge on any atom is 0.243 e. The number of rotatable bonds is 8. The first kappa shape index (κ1) is 17.9. The lowest BCUT2D eigenvalue weighted by Crippen LogP contribution is -2.43. The lowest BCUT2D eigenvalue weighted by atomic mass is 10.3. The van der Waals surface area contributed by atoms with Crippen molar-refractivity contribution in [1.82, 2.24) is 30.5 Å². The van der Waals surface area contributed by atoms with Gasteiger partial charge in [-0.25, -0.2) is 4.99 Å². The SMILES string of the molecule is CCC(C)NC(=NCC(=O)N(C)C)NCCCn1ccnn1. The Hall–Kier alpha value is -2.12. The van der Waals surface area contributed by atoms with Crippen LogP contribution in [0.4, 0.5) is 0 Å². The van der Waals surface area contributed by atoms with Crippen LogP contribution < -0.4 is 10.6 Å². The van der Waals surface area contributed by atoms with Gasteiger partial charge in [-0.05, 0) is 19.8 Å². The summed E-state index contributed by atoms with van der Waals surface area (Å²) in [6.45, 7) is 5.87. The topological polar surface area (TPSA) is 87.4 Å². The van der Waals surface area contributed by atoms with Crippen molar-refractivity contribution in [2.24, 2.45) is 4.99 Å². The molecule has 8 nitrogen and oxygen atoms in total.